The average Bonchev–Trinajstić information content (AvgIpc) is 3.06. The van der Waals surface area contributed by atoms with E-state index in [-0.39, 0.29) is 11.8 Å². The highest BCUT2D eigenvalue weighted by Crippen LogP contribution is 2.22. The summed E-state index contributed by atoms with van der Waals surface area (Å²) in [5, 5.41) is 12.6. The molecule has 210 valence electrons. The van der Waals surface area contributed by atoms with Crippen LogP contribution in [-0.2, 0) is 0 Å². The van der Waals surface area contributed by atoms with E-state index < -0.39 is 0 Å². The molecule has 0 spiro atoms. The zero-order valence-corrected chi connectivity index (χ0v) is 23.2. The molecule has 0 fully saturated rings. The Balaban J connectivity index is 1.08. The van der Waals surface area contributed by atoms with Crippen LogP contribution >= 0.6 is 0 Å². The second-order valence-corrected chi connectivity index (χ2v) is 10.2. The quantitative estimate of drug-likeness (QED) is 0.247. The number of carbonyl (C=O) groups excluding carboxylic acids is 2. The SMILES string of the molecule is O=C(Nc1cccc(C2=NCCCN2)c1)c1ccc(-c2ccc(C(=O)Nc3cccc(C4=NCCCN4)c3)cc2)cc1. The summed E-state index contributed by atoms with van der Waals surface area (Å²) < 4.78 is 0. The van der Waals surface area contributed by atoms with E-state index >= 15 is 0 Å². The van der Waals surface area contributed by atoms with Gasteiger partial charge in [-0.05, 0) is 72.5 Å². The summed E-state index contributed by atoms with van der Waals surface area (Å²) in [4.78, 5) is 34.9. The lowest BCUT2D eigenvalue weighted by Gasteiger charge is -2.15. The molecule has 2 aliphatic rings. The lowest BCUT2D eigenvalue weighted by molar-refractivity contribution is 0.101. The van der Waals surface area contributed by atoms with Gasteiger partial charge in [-0.3, -0.25) is 19.6 Å². The minimum Gasteiger partial charge on any atom is -0.370 e. The maximum Gasteiger partial charge on any atom is 0.255 e. The third-order valence-electron chi connectivity index (χ3n) is 7.21. The summed E-state index contributed by atoms with van der Waals surface area (Å²) in [6.07, 6.45) is 2.05. The third kappa shape index (κ3) is 6.39. The van der Waals surface area contributed by atoms with Gasteiger partial charge in [-0.1, -0.05) is 48.5 Å². The lowest BCUT2D eigenvalue weighted by Crippen LogP contribution is -2.30. The first kappa shape index (κ1) is 27.0. The van der Waals surface area contributed by atoms with Gasteiger partial charge in [0.05, 0.1) is 0 Å². The molecule has 0 bridgehead atoms. The van der Waals surface area contributed by atoms with Crippen LogP contribution in [0.15, 0.2) is 107 Å². The summed E-state index contributed by atoms with van der Waals surface area (Å²) in [5.74, 6) is 1.36. The van der Waals surface area contributed by atoms with Crippen molar-refractivity contribution in [2.24, 2.45) is 9.98 Å². The van der Waals surface area contributed by atoms with Crippen LogP contribution < -0.4 is 21.3 Å². The summed E-state index contributed by atoms with van der Waals surface area (Å²) >= 11 is 0. The molecule has 0 radical (unpaired) electrons. The molecule has 0 atom stereocenters. The first-order valence-corrected chi connectivity index (χ1v) is 14.2. The molecule has 0 unspecified atom stereocenters. The van der Waals surface area contributed by atoms with Gasteiger partial charge in [0.1, 0.15) is 11.7 Å². The van der Waals surface area contributed by atoms with Crippen LogP contribution in [-0.4, -0.2) is 49.7 Å². The van der Waals surface area contributed by atoms with Gasteiger partial charge in [0.2, 0.25) is 0 Å². The standard InChI is InChI=1S/C34H32N6O2/c41-33(39-29-7-1-5-27(21-29)31-35-17-3-18-36-31)25-13-9-23(10-14-25)24-11-15-26(16-12-24)34(42)40-30-8-2-6-28(22-30)32-37-19-4-20-38-32/h1-2,5-16,21-22H,3-4,17-20H2,(H,35,36)(H,37,38)(H,39,41)(H,40,42). The molecule has 4 aromatic rings. The van der Waals surface area contributed by atoms with Gasteiger partial charge in [0.15, 0.2) is 0 Å². The lowest BCUT2D eigenvalue weighted by atomic mass is 10.0. The Labute approximate surface area is 245 Å². The highest BCUT2D eigenvalue weighted by atomic mass is 16.2. The largest absolute Gasteiger partial charge is 0.370 e. The topological polar surface area (TPSA) is 107 Å². The fraction of sp³-hybridized carbons (Fsp3) is 0.176. The number of aliphatic imine (C=N–C) groups is 2. The summed E-state index contributed by atoms with van der Waals surface area (Å²) in [5.41, 5.74) is 6.38. The Morgan fingerprint density at radius 3 is 1.36 bits per heavy atom. The second kappa shape index (κ2) is 12.5. The average molecular weight is 557 g/mol. The van der Waals surface area contributed by atoms with Crippen molar-refractivity contribution < 1.29 is 9.59 Å². The number of nitrogens with zero attached hydrogens (tertiary/aromatic N) is 2. The minimum atomic E-state index is -0.181. The normalized spacial score (nSPS) is 14.5. The zero-order chi connectivity index (χ0) is 28.7. The number of benzene rings is 4. The fourth-order valence-electron chi connectivity index (χ4n) is 4.98. The van der Waals surface area contributed by atoms with E-state index in [0.29, 0.717) is 11.1 Å². The van der Waals surface area contributed by atoms with Crippen molar-refractivity contribution >= 4 is 34.9 Å². The van der Waals surface area contributed by atoms with Crippen LogP contribution in [0, 0.1) is 0 Å². The molecule has 0 aromatic heterocycles. The molecule has 0 saturated heterocycles. The summed E-state index contributed by atoms with van der Waals surface area (Å²) in [6, 6.07) is 30.3. The van der Waals surface area contributed by atoms with Gasteiger partial charge < -0.3 is 21.3 Å². The van der Waals surface area contributed by atoms with Gasteiger partial charge in [-0.25, -0.2) is 0 Å². The molecule has 8 heteroatoms. The first-order valence-electron chi connectivity index (χ1n) is 14.2. The first-order chi connectivity index (χ1) is 20.6. The van der Waals surface area contributed by atoms with Crippen LogP contribution in [0.1, 0.15) is 44.7 Å². The Hall–Kier alpha value is -5.24. The zero-order valence-electron chi connectivity index (χ0n) is 23.2. The van der Waals surface area contributed by atoms with Crippen molar-refractivity contribution in [3.63, 3.8) is 0 Å². The Morgan fingerprint density at radius 2 is 0.976 bits per heavy atom. The Kier molecular flexibility index (Phi) is 8.03. The summed E-state index contributed by atoms with van der Waals surface area (Å²) in [6.45, 7) is 3.43. The number of amidine groups is 2. The Morgan fingerprint density at radius 1 is 0.548 bits per heavy atom. The van der Waals surface area contributed by atoms with Crippen molar-refractivity contribution in [2.45, 2.75) is 12.8 Å². The third-order valence-corrected chi connectivity index (χ3v) is 7.21. The van der Waals surface area contributed by atoms with E-state index in [2.05, 4.69) is 31.3 Å². The molecule has 6 rings (SSSR count). The van der Waals surface area contributed by atoms with Crippen LogP contribution in [0.4, 0.5) is 11.4 Å². The molecule has 2 heterocycles. The van der Waals surface area contributed by atoms with E-state index in [1.54, 1.807) is 24.3 Å². The van der Waals surface area contributed by atoms with Gasteiger partial charge in [-0.2, -0.15) is 0 Å². The smallest absolute Gasteiger partial charge is 0.255 e. The van der Waals surface area contributed by atoms with E-state index in [0.717, 1.165) is 84.3 Å². The summed E-state index contributed by atoms with van der Waals surface area (Å²) in [7, 11) is 0. The van der Waals surface area contributed by atoms with Crippen LogP contribution in [0.5, 0.6) is 0 Å². The van der Waals surface area contributed by atoms with Crippen molar-refractivity contribution in [2.75, 3.05) is 36.8 Å². The van der Waals surface area contributed by atoms with Gasteiger partial charge in [0.25, 0.3) is 11.8 Å². The molecule has 2 aliphatic heterocycles. The van der Waals surface area contributed by atoms with E-state index in [9.17, 15) is 9.59 Å². The van der Waals surface area contributed by atoms with Crippen molar-refractivity contribution in [1.82, 2.24) is 10.6 Å². The van der Waals surface area contributed by atoms with Crippen molar-refractivity contribution in [3.05, 3.63) is 119 Å². The van der Waals surface area contributed by atoms with Gasteiger partial charge in [-0.15, -0.1) is 0 Å². The van der Waals surface area contributed by atoms with E-state index in [1.165, 1.54) is 0 Å². The number of amides is 2. The van der Waals surface area contributed by atoms with E-state index in [4.69, 9.17) is 0 Å². The number of rotatable bonds is 7. The second-order valence-electron chi connectivity index (χ2n) is 10.2. The molecule has 0 saturated carbocycles. The fourth-order valence-corrected chi connectivity index (χ4v) is 4.98. The minimum absolute atomic E-state index is 0.181. The Bertz CT molecular complexity index is 1530. The molecular formula is C34H32N6O2. The van der Waals surface area contributed by atoms with Crippen molar-refractivity contribution in [1.29, 1.82) is 0 Å². The number of carbonyl (C=O) groups is 2. The molecule has 0 aliphatic carbocycles. The molecule has 2 amide bonds. The molecule has 42 heavy (non-hydrogen) atoms. The molecule has 8 nitrogen and oxygen atoms in total. The van der Waals surface area contributed by atoms with Crippen LogP contribution in [0.25, 0.3) is 11.1 Å². The van der Waals surface area contributed by atoms with Crippen molar-refractivity contribution in [3.8, 4) is 11.1 Å². The monoisotopic (exact) mass is 556 g/mol. The van der Waals surface area contributed by atoms with Gasteiger partial charge in [0, 0.05) is 59.8 Å². The number of anilines is 2. The number of hydrogen-bond donors (Lipinski definition) is 4. The van der Waals surface area contributed by atoms with Crippen LogP contribution in [0.2, 0.25) is 0 Å². The van der Waals surface area contributed by atoms with Crippen LogP contribution in [0.3, 0.4) is 0 Å². The van der Waals surface area contributed by atoms with Gasteiger partial charge >= 0.3 is 0 Å². The highest BCUT2D eigenvalue weighted by Gasteiger charge is 2.12. The molecule has 4 N–H and O–H groups in total. The van der Waals surface area contributed by atoms with E-state index in [1.807, 2.05) is 72.8 Å². The number of hydrogen-bond acceptors (Lipinski definition) is 6. The molecule has 4 aromatic carbocycles. The number of nitrogens with one attached hydrogen (secondary N) is 4. The predicted molar refractivity (Wildman–Crippen MR) is 169 cm³/mol. The predicted octanol–water partition coefficient (Wildman–Crippen LogP) is 5.34. The molecular weight excluding hydrogens is 524 g/mol. The maximum atomic E-state index is 12.9. The maximum absolute atomic E-state index is 12.9. The highest BCUT2D eigenvalue weighted by molar-refractivity contribution is 6.07.